The summed E-state index contributed by atoms with van der Waals surface area (Å²) >= 11 is 0. The van der Waals surface area contributed by atoms with E-state index < -0.39 is 24.0 Å². The predicted octanol–water partition coefficient (Wildman–Crippen LogP) is 2.93. The zero-order chi connectivity index (χ0) is 16.9. The summed E-state index contributed by atoms with van der Waals surface area (Å²) in [6.07, 6.45) is 1.12. The van der Waals surface area contributed by atoms with Crippen LogP contribution < -0.4 is 10.2 Å². The average Bonchev–Trinajstić information content (AvgIpc) is 3.17. The average molecular weight is 322 g/mol. The van der Waals surface area contributed by atoms with E-state index in [0.29, 0.717) is 24.2 Å². The van der Waals surface area contributed by atoms with Gasteiger partial charge in [0, 0.05) is 12.6 Å². The second-order valence-electron chi connectivity index (χ2n) is 7.36. The highest BCUT2D eigenvalue weighted by atomic mass is 19.1. The fraction of sp³-hybridized carbons (Fsp3) is 0.647. The van der Waals surface area contributed by atoms with Crippen LogP contribution in [-0.2, 0) is 19.7 Å². The van der Waals surface area contributed by atoms with Gasteiger partial charge < -0.3 is 18.8 Å². The fourth-order valence-corrected chi connectivity index (χ4v) is 2.62. The van der Waals surface area contributed by atoms with Crippen molar-refractivity contribution in [3.8, 4) is 5.75 Å². The highest BCUT2D eigenvalue weighted by Gasteiger charge is 2.53. The summed E-state index contributed by atoms with van der Waals surface area (Å²) in [6.45, 7) is 8.08. The summed E-state index contributed by atoms with van der Waals surface area (Å²) in [5.41, 5.74) is -0.684. The van der Waals surface area contributed by atoms with Crippen LogP contribution in [0, 0.1) is 0 Å². The van der Waals surface area contributed by atoms with Crippen molar-refractivity contribution in [1.29, 1.82) is 0 Å². The smallest absolute Gasteiger partial charge is 0.468 e. The Morgan fingerprint density at radius 3 is 2.26 bits per heavy atom. The highest BCUT2D eigenvalue weighted by molar-refractivity contribution is 6.63. The van der Waals surface area contributed by atoms with Crippen LogP contribution in [0.5, 0.6) is 5.75 Å². The normalized spacial score (nSPS) is 23.8. The first kappa shape index (κ1) is 16.7. The summed E-state index contributed by atoms with van der Waals surface area (Å²) in [4.78, 5) is 0. The molecule has 2 fully saturated rings. The monoisotopic (exact) mass is 322 g/mol. The van der Waals surface area contributed by atoms with Gasteiger partial charge in [-0.05, 0) is 52.2 Å². The van der Waals surface area contributed by atoms with Gasteiger partial charge in [0.2, 0.25) is 0 Å². The van der Waals surface area contributed by atoms with E-state index in [9.17, 15) is 4.39 Å². The fourth-order valence-electron chi connectivity index (χ4n) is 2.62. The lowest BCUT2D eigenvalue weighted by atomic mass is 9.77. The van der Waals surface area contributed by atoms with Crippen molar-refractivity contribution in [2.24, 2.45) is 0 Å². The number of benzene rings is 1. The lowest BCUT2D eigenvalue weighted by Crippen LogP contribution is -2.41. The zero-order valence-electron chi connectivity index (χ0n) is 14.4. The van der Waals surface area contributed by atoms with Crippen molar-refractivity contribution in [3.63, 3.8) is 0 Å². The predicted molar refractivity (Wildman–Crippen MR) is 86.7 cm³/mol. The van der Waals surface area contributed by atoms with Crippen molar-refractivity contribution in [1.82, 2.24) is 0 Å². The molecule has 1 saturated heterocycles. The largest absolute Gasteiger partial charge is 0.498 e. The number of rotatable bonds is 5. The van der Waals surface area contributed by atoms with E-state index in [0.717, 1.165) is 5.46 Å². The number of hydrogen-bond acceptors (Lipinski definition) is 4. The third-order valence-electron chi connectivity index (χ3n) is 5.06. The Bertz CT molecular complexity index is 582. The maximum absolute atomic E-state index is 14.3. The van der Waals surface area contributed by atoms with Gasteiger partial charge in [0.25, 0.3) is 0 Å². The number of alkyl halides is 1. The Kier molecular flexibility index (Phi) is 3.98. The third kappa shape index (κ3) is 3.00. The molecule has 1 aromatic carbocycles. The quantitative estimate of drug-likeness (QED) is 0.617. The Labute approximate surface area is 137 Å². The lowest BCUT2D eigenvalue weighted by Gasteiger charge is -2.32. The minimum Gasteiger partial charge on any atom is -0.468 e. The summed E-state index contributed by atoms with van der Waals surface area (Å²) in [7, 11) is 1.01. The van der Waals surface area contributed by atoms with E-state index in [4.69, 9.17) is 18.8 Å². The van der Waals surface area contributed by atoms with Gasteiger partial charge in [-0.3, -0.25) is 0 Å². The topological polar surface area (TPSA) is 36.9 Å². The molecule has 0 N–H and O–H groups in total. The maximum atomic E-state index is 14.3. The number of hydrogen-bond donors (Lipinski definition) is 0. The van der Waals surface area contributed by atoms with E-state index in [-0.39, 0.29) is 6.79 Å². The molecule has 0 aromatic heterocycles. The van der Waals surface area contributed by atoms with Crippen LogP contribution in [-0.4, -0.2) is 32.2 Å². The molecule has 1 aliphatic carbocycles. The van der Waals surface area contributed by atoms with E-state index >= 15 is 0 Å². The van der Waals surface area contributed by atoms with E-state index in [1.807, 2.05) is 33.8 Å². The second kappa shape index (κ2) is 5.47. The van der Waals surface area contributed by atoms with Crippen molar-refractivity contribution in [3.05, 3.63) is 23.8 Å². The number of ether oxygens (including phenoxy) is 2. The maximum Gasteiger partial charge on any atom is 0.498 e. The molecule has 0 amide bonds. The Hall–Kier alpha value is -1.11. The molecular formula is C17H24BFO4. The van der Waals surface area contributed by atoms with Crippen LogP contribution in [0.15, 0.2) is 18.2 Å². The number of methoxy groups -OCH3 is 1. The van der Waals surface area contributed by atoms with Gasteiger partial charge in [-0.15, -0.1) is 0 Å². The molecule has 1 heterocycles. The first-order valence-corrected chi connectivity index (χ1v) is 7.99. The lowest BCUT2D eigenvalue weighted by molar-refractivity contribution is 0.00578. The molecule has 0 atom stereocenters. The molecule has 0 bridgehead atoms. The first-order chi connectivity index (χ1) is 10.7. The minimum absolute atomic E-state index is 0.0925. The van der Waals surface area contributed by atoms with Gasteiger partial charge in [0.15, 0.2) is 6.79 Å². The van der Waals surface area contributed by atoms with Crippen LogP contribution in [0.4, 0.5) is 4.39 Å². The van der Waals surface area contributed by atoms with Gasteiger partial charge in [-0.2, -0.15) is 0 Å². The Morgan fingerprint density at radius 2 is 1.74 bits per heavy atom. The van der Waals surface area contributed by atoms with Crippen LogP contribution in [0.3, 0.4) is 0 Å². The molecule has 126 valence electrons. The summed E-state index contributed by atoms with van der Waals surface area (Å²) in [6, 6.07) is 5.38. The van der Waals surface area contributed by atoms with Gasteiger partial charge in [-0.1, -0.05) is 12.1 Å². The van der Waals surface area contributed by atoms with Crippen LogP contribution >= 0.6 is 0 Å². The van der Waals surface area contributed by atoms with E-state index in [1.165, 1.54) is 0 Å². The SMILES string of the molecule is COCOc1cc(C2(F)CC2)ccc1B1OC(C)(C)C(C)(C)O1. The van der Waals surface area contributed by atoms with Crippen LogP contribution in [0.1, 0.15) is 46.1 Å². The molecule has 3 rings (SSSR count). The van der Waals surface area contributed by atoms with E-state index in [2.05, 4.69) is 0 Å². The molecule has 0 radical (unpaired) electrons. The Morgan fingerprint density at radius 1 is 1.13 bits per heavy atom. The van der Waals surface area contributed by atoms with Crippen molar-refractivity contribution in [2.75, 3.05) is 13.9 Å². The molecule has 1 saturated carbocycles. The highest BCUT2D eigenvalue weighted by Crippen LogP contribution is 2.50. The molecule has 23 heavy (non-hydrogen) atoms. The third-order valence-corrected chi connectivity index (χ3v) is 5.06. The van der Waals surface area contributed by atoms with Crippen LogP contribution in [0.2, 0.25) is 0 Å². The molecule has 1 aromatic rings. The van der Waals surface area contributed by atoms with Crippen molar-refractivity contribution < 1.29 is 23.2 Å². The summed E-state index contributed by atoms with van der Waals surface area (Å²) < 4.78 is 37.1. The summed E-state index contributed by atoms with van der Waals surface area (Å²) in [5.74, 6) is 0.548. The second-order valence-corrected chi connectivity index (χ2v) is 7.36. The summed E-state index contributed by atoms with van der Waals surface area (Å²) in [5, 5.41) is 0. The Balaban J connectivity index is 1.92. The molecule has 0 unspecified atom stereocenters. The van der Waals surface area contributed by atoms with E-state index in [1.54, 1.807) is 19.2 Å². The van der Waals surface area contributed by atoms with Gasteiger partial charge in [-0.25, -0.2) is 4.39 Å². The molecular weight excluding hydrogens is 298 g/mol. The van der Waals surface area contributed by atoms with Gasteiger partial charge >= 0.3 is 7.12 Å². The van der Waals surface area contributed by atoms with Crippen molar-refractivity contribution in [2.45, 2.75) is 57.4 Å². The molecule has 6 heteroatoms. The zero-order valence-corrected chi connectivity index (χ0v) is 14.4. The van der Waals surface area contributed by atoms with Gasteiger partial charge in [0.1, 0.15) is 11.4 Å². The van der Waals surface area contributed by atoms with Crippen molar-refractivity contribution >= 4 is 12.6 Å². The number of halogens is 1. The minimum atomic E-state index is -1.21. The standard InChI is InChI=1S/C17H24BFO4/c1-15(2)16(3,4)23-18(22-15)13-7-6-12(17(19)8-9-17)10-14(13)21-11-20-5/h6-7,10H,8-9,11H2,1-5H3. The molecule has 4 nitrogen and oxygen atoms in total. The molecule has 0 spiro atoms. The van der Waals surface area contributed by atoms with Crippen LogP contribution in [0.25, 0.3) is 0 Å². The first-order valence-electron chi connectivity index (χ1n) is 7.99. The molecule has 1 aliphatic heterocycles. The van der Waals surface area contributed by atoms with Gasteiger partial charge in [0.05, 0.1) is 11.2 Å². The molecule has 2 aliphatic rings.